The fourth-order valence-corrected chi connectivity index (χ4v) is 4.70. The third kappa shape index (κ3) is 3.44. The molecule has 154 valence electrons. The Bertz CT molecular complexity index is 1400. The largest absolute Gasteiger partial charge is 0.462 e. The van der Waals surface area contributed by atoms with Crippen molar-refractivity contribution in [1.82, 2.24) is 4.98 Å². The first-order valence-corrected chi connectivity index (χ1v) is 10.9. The number of carbonyl (C=O) groups excluding carboxylic acids is 1. The highest BCUT2D eigenvalue weighted by molar-refractivity contribution is 7.21. The van der Waals surface area contributed by atoms with Gasteiger partial charge in [-0.05, 0) is 48.4 Å². The summed E-state index contributed by atoms with van der Waals surface area (Å²) in [7, 11) is 0. The fraction of sp³-hybridized carbons (Fsp3) is 0.0833. The first-order valence-electron chi connectivity index (χ1n) is 9.70. The van der Waals surface area contributed by atoms with Crippen molar-refractivity contribution in [3.63, 3.8) is 0 Å². The summed E-state index contributed by atoms with van der Waals surface area (Å²) in [4.78, 5) is 18.2. The molecule has 0 radical (unpaired) electrons. The molecule has 3 aromatic heterocycles. The third-order valence-corrected chi connectivity index (χ3v) is 6.32. The van der Waals surface area contributed by atoms with Crippen LogP contribution < -0.4 is 5.73 Å². The molecule has 0 saturated heterocycles. The van der Waals surface area contributed by atoms with Crippen LogP contribution in [0, 0.1) is 0 Å². The lowest BCUT2D eigenvalue weighted by atomic mass is 10.0. The number of rotatable bonds is 4. The smallest absolute Gasteiger partial charge is 0.350 e. The first-order chi connectivity index (χ1) is 15.0. The number of aromatic nitrogens is 1. The van der Waals surface area contributed by atoms with E-state index in [9.17, 15) is 4.79 Å². The number of anilines is 1. The molecule has 5 aromatic rings. The number of benzene rings is 2. The van der Waals surface area contributed by atoms with Gasteiger partial charge in [-0.2, -0.15) is 0 Å². The highest BCUT2D eigenvalue weighted by atomic mass is 35.5. The number of furan rings is 1. The van der Waals surface area contributed by atoms with Crippen molar-refractivity contribution in [2.75, 3.05) is 12.3 Å². The van der Waals surface area contributed by atoms with Crippen LogP contribution in [0.2, 0.25) is 5.02 Å². The lowest BCUT2D eigenvalue weighted by molar-refractivity contribution is 0.0533. The minimum Gasteiger partial charge on any atom is -0.462 e. The lowest BCUT2D eigenvalue weighted by Gasteiger charge is -2.08. The van der Waals surface area contributed by atoms with Gasteiger partial charge in [0.15, 0.2) is 5.76 Å². The molecule has 0 spiro atoms. The van der Waals surface area contributed by atoms with E-state index in [1.165, 1.54) is 11.3 Å². The molecule has 0 bridgehead atoms. The third-order valence-electron chi connectivity index (χ3n) is 4.99. The Hall–Kier alpha value is -3.35. The molecule has 2 aromatic carbocycles. The van der Waals surface area contributed by atoms with Gasteiger partial charge < -0.3 is 14.9 Å². The minimum atomic E-state index is -0.449. The highest BCUT2D eigenvalue weighted by Crippen LogP contribution is 2.42. The summed E-state index contributed by atoms with van der Waals surface area (Å²) in [6, 6.07) is 19.2. The molecular formula is C24H17ClN2O3S. The van der Waals surface area contributed by atoms with E-state index < -0.39 is 5.97 Å². The highest BCUT2D eigenvalue weighted by Gasteiger charge is 2.23. The molecule has 0 aliphatic rings. The van der Waals surface area contributed by atoms with Gasteiger partial charge in [-0.15, -0.1) is 11.3 Å². The Morgan fingerprint density at radius 3 is 2.68 bits per heavy atom. The molecule has 2 N–H and O–H groups in total. The number of esters is 1. The number of pyridine rings is 1. The van der Waals surface area contributed by atoms with Crippen molar-refractivity contribution < 1.29 is 13.9 Å². The van der Waals surface area contributed by atoms with Gasteiger partial charge in [0.25, 0.3) is 0 Å². The quantitative estimate of drug-likeness (QED) is 0.306. The van der Waals surface area contributed by atoms with Gasteiger partial charge >= 0.3 is 5.97 Å². The predicted octanol–water partition coefficient (Wildman–Crippen LogP) is 6.79. The van der Waals surface area contributed by atoms with Crippen LogP contribution in [0.3, 0.4) is 0 Å². The minimum absolute atomic E-state index is 0.272. The SMILES string of the molecule is CCOC(=O)c1sc2nc(-c3cc4ccccc4o3)cc(-c3ccc(Cl)cc3)c2c1N. The average molecular weight is 449 g/mol. The number of para-hydroxylation sites is 1. The number of thiophene rings is 1. The van der Waals surface area contributed by atoms with E-state index in [1.807, 2.05) is 60.7 Å². The molecule has 31 heavy (non-hydrogen) atoms. The number of carbonyl (C=O) groups is 1. The van der Waals surface area contributed by atoms with Crippen molar-refractivity contribution in [2.45, 2.75) is 6.92 Å². The van der Waals surface area contributed by atoms with E-state index >= 15 is 0 Å². The number of nitrogens with zero attached hydrogens (tertiary/aromatic N) is 1. The van der Waals surface area contributed by atoms with Crippen LogP contribution in [-0.4, -0.2) is 17.6 Å². The van der Waals surface area contributed by atoms with Gasteiger partial charge in [0.1, 0.15) is 21.0 Å². The fourth-order valence-electron chi connectivity index (χ4n) is 3.56. The predicted molar refractivity (Wildman–Crippen MR) is 126 cm³/mol. The van der Waals surface area contributed by atoms with Crippen molar-refractivity contribution in [2.24, 2.45) is 0 Å². The zero-order valence-electron chi connectivity index (χ0n) is 16.5. The number of nitrogen functional groups attached to an aromatic ring is 1. The summed E-state index contributed by atoms with van der Waals surface area (Å²) in [6.45, 7) is 2.03. The summed E-state index contributed by atoms with van der Waals surface area (Å²) < 4.78 is 11.2. The van der Waals surface area contributed by atoms with Gasteiger partial charge in [-0.1, -0.05) is 41.9 Å². The molecular weight excluding hydrogens is 432 g/mol. The molecule has 0 atom stereocenters. The second-order valence-electron chi connectivity index (χ2n) is 6.96. The maximum Gasteiger partial charge on any atom is 0.350 e. The van der Waals surface area contributed by atoms with E-state index in [2.05, 4.69) is 0 Å². The van der Waals surface area contributed by atoms with E-state index in [1.54, 1.807) is 6.92 Å². The van der Waals surface area contributed by atoms with Gasteiger partial charge in [0, 0.05) is 15.8 Å². The number of hydrogen-bond donors (Lipinski definition) is 1. The summed E-state index contributed by atoms with van der Waals surface area (Å²) in [5, 5.41) is 2.35. The van der Waals surface area contributed by atoms with Gasteiger partial charge in [-0.25, -0.2) is 9.78 Å². The summed E-state index contributed by atoms with van der Waals surface area (Å²) >= 11 is 7.31. The molecule has 7 heteroatoms. The van der Waals surface area contributed by atoms with E-state index in [0.717, 1.165) is 27.5 Å². The number of nitrogens with two attached hydrogens (primary N) is 1. The lowest BCUT2D eigenvalue weighted by Crippen LogP contribution is -2.04. The summed E-state index contributed by atoms with van der Waals surface area (Å²) in [5.74, 6) is 0.193. The van der Waals surface area contributed by atoms with Crippen molar-refractivity contribution >= 4 is 55.8 Å². The van der Waals surface area contributed by atoms with Crippen LogP contribution in [0.4, 0.5) is 5.69 Å². The number of ether oxygens (including phenoxy) is 1. The Morgan fingerprint density at radius 1 is 1.16 bits per heavy atom. The topological polar surface area (TPSA) is 78.3 Å². The van der Waals surface area contributed by atoms with E-state index in [4.69, 9.17) is 31.5 Å². The van der Waals surface area contributed by atoms with Crippen LogP contribution in [-0.2, 0) is 4.74 Å². The molecule has 0 saturated carbocycles. The van der Waals surface area contributed by atoms with Gasteiger partial charge in [0.05, 0.1) is 12.3 Å². The van der Waals surface area contributed by atoms with Crippen molar-refractivity contribution in [3.8, 4) is 22.6 Å². The Labute approximate surface area is 187 Å². The molecule has 3 heterocycles. The van der Waals surface area contributed by atoms with Crippen LogP contribution in [0.15, 0.2) is 65.1 Å². The molecule has 0 unspecified atom stereocenters. The Balaban J connectivity index is 1.77. The zero-order chi connectivity index (χ0) is 21.5. The number of halogens is 1. The molecule has 0 aliphatic heterocycles. The normalized spacial score (nSPS) is 11.3. The molecule has 0 aliphatic carbocycles. The number of hydrogen-bond acceptors (Lipinski definition) is 6. The summed E-state index contributed by atoms with van der Waals surface area (Å²) in [6.07, 6.45) is 0. The molecule has 5 rings (SSSR count). The maximum atomic E-state index is 12.4. The molecule has 0 amide bonds. The van der Waals surface area contributed by atoms with Crippen LogP contribution in [0.25, 0.3) is 43.8 Å². The number of fused-ring (bicyclic) bond motifs is 2. The monoisotopic (exact) mass is 448 g/mol. The first kappa shape index (κ1) is 19.6. The van der Waals surface area contributed by atoms with E-state index in [0.29, 0.717) is 31.9 Å². The average Bonchev–Trinajstić information content (AvgIpc) is 3.35. The second-order valence-corrected chi connectivity index (χ2v) is 8.39. The van der Waals surface area contributed by atoms with Crippen LogP contribution >= 0.6 is 22.9 Å². The standard InChI is InChI=1S/C24H17ClN2O3S/c1-2-29-24(28)22-21(26)20-16(13-7-9-15(25)10-8-13)12-17(27-23(20)31-22)19-11-14-5-3-4-6-18(14)30-19/h3-12H,2,26H2,1H3. The van der Waals surface area contributed by atoms with Gasteiger partial charge in [-0.3, -0.25) is 0 Å². The second kappa shape index (κ2) is 7.72. The van der Waals surface area contributed by atoms with Gasteiger partial charge in [0.2, 0.25) is 0 Å². The van der Waals surface area contributed by atoms with E-state index in [-0.39, 0.29) is 6.61 Å². The molecule has 0 fully saturated rings. The maximum absolute atomic E-state index is 12.4. The van der Waals surface area contributed by atoms with Crippen LogP contribution in [0.5, 0.6) is 0 Å². The van der Waals surface area contributed by atoms with Crippen LogP contribution in [0.1, 0.15) is 16.6 Å². The molecule has 5 nitrogen and oxygen atoms in total. The van der Waals surface area contributed by atoms with Crippen molar-refractivity contribution in [1.29, 1.82) is 0 Å². The zero-order valence-corrected chi connectivity index (χ0v) is 18.1. The Morgan fingerprint density at radius 2 is 1.94 bits per heavy atom. The Kier molecular flexibility index (Phi) is 4.88. The van der Waals surface area contributed by atoms with Crippen molar-refractivity contribution in [3.05, 3.63) is 70.6 Å². The summed E-state index contributed by atoms with van der Waals surface area (Å²) in [5.41, 5.74) is 9.98.